The molecule has 0 saturated carbocycles. The van der Waals surface area contributed by atoms with Crippen LogP contribution in [0.5, 0.6) is 0 Å². The summed E-state index contributed by atoms with van der Waals surface area (Å²) in [6.07, 6.45) is 6.12. The maximum atomic E-state index is 13.1. The van der Waals surface area contributed by atoms with Crippen molar-refractivity contribution in [3.63, 3.8) is 0 Å². The highest BCUT2D eigenvalue weighted by atomic mass is 19.3. The summed E-state index contributed by atoms with van der Waals surface area (Å²) in [5.74, 6) is -1.55. The largest absolute Gasteiger partial charge is 0.368 e. The molecule has 0 bridgehead atoms. The van der Waals surface area contributed by atoms with Gasteiger partial charge in [0.2, 0.25) is 5.95 Å². The van der Waals surface area contributed by atoms with Gasteiger partial charge in [-0.3, -0.25) is 13.9 Å². The molecule has 5 heterocycles. The molecule has 5 rings (SSSR count). The first-order valence-electron chi connectivity index (χ1n) is 10.8. The van der Waals surface area contributed by atoms with Gasteiger partial charge in [0, 0.05) is 45.3 Å². The fourth-order valence-electron chi connectivity index (χ4n) is 3.90. The second-order valence-electron chi connectivity index (χ2n) is 8.51. The van der Waals surface area contributed by atoms with E-state index in [2.05, 4.69) is 30.2 Å². The quantitative estimate of drug-likeness (QED) is 0.423. The summed E-state index contributed by atoms with van der Waals surface area (Å²) < 4.78 is 30.3. The van der Waals surface area contributed by atoms with Crippen molar-refractivity contribution in [2.45, 2.75) is 18.9 Å². The Morgan fingerprint density at radius 1 is 1.09 bits per heavy atom. The normalized spacial score (nSPS) is 15.7. The van der Waals surface area contributed by atoms with Crippen LogP contribution in [0, 0.1) is 0 Å². The highest BCUT2D eigenvalue weighted by molar-refractivity contribution is 5.70. The summed E-state index contributed by atoms with van der Waals surface area (Å²) in [5, 5.41) is 3.22. The van der Waals surface area contributed by atoms with E-state index in [0.717, 1.165) is 4.57 Å². The van der Waals surface area contributed by atoms with Gasteiger partial charge in [0.15, 0.2) is 17.0 Å². The smallest absolute Gasteiger partial charge is 0.332 e. The van der Waals surface area contributed by atoms with Crippen molar-refractivity contribution in [1.29, 1.82) is 0 Å². The minimum atomic E-state index is -2.70. The van der Waals surface area contributed by atoms with Crippen LogP contribution in [0.1, 0.15) is 13.0 Å². The lowest BCUT2D eigenvalue weighted by Crippen LogP contribution is -2.57. The van der Waals surface area contributed by atoms with E-state index in [0.29, 0.717) is 34.9 Å². The van der Waals surface area contributed by atoms with Gasteiger partial charge in [-0.2, -0.15) is 0 Å². The van der Waals surface area contributed by atoms with Crippen LogP contribution in [0.15, 0.2) is 40.6 Å². The number of fused-ring (bicyclic) bond motifs is 1. The first-order chi connectivity index (χ1) is 16.6. The first kappa shape index (κ1) is 22.6. The lowest BCUT2D eigenvalue weighted by molar-refractivity contribution is -0.0271. The molecule has 1 fully saturated rings. The highest BCUT2D eigenvalue weighted by Crippen LogP contribution is 2.29. The third-order valence-electron chi connectivity index (χ3n) is 5.91. The van der Waals surface area contributed by atoms with Gasteiger partial charge < -0.3 is 14.8 Å². The Morgan fingerprint density at radius 2 is 1.80 bits per heavy atom. The third-order valence-corrected chi connectivity index (χ3v) is 5.91. The lowest BCUT2D eigenvalue weighted by atomic mass is 10.2. The molecule has 1 atom stereocenters. The van der Waals surface area contributed by atoms with Gasteiger partial charge in [-0.25, -0.2) is 38.5 Å². The van der Waals surface area contributed by atoms with Gasteiger partial charge in [-0.05, 0) is 13.0 Å². The highest BCUT2D eigenvalue weighted by Gasteiger charge is 2.45. The zero-order valence-corrected chi connectivity index (χ0v) is 19.2. The number of nitrogens with zero attached hydrogens (tertiary/aromatic N) is 9. The molecule has 0 aromatic carbocycles. The number of hydrogen-bond donors (Lipinski definition) is 1. The minimum absolute atomic E-state index is 0.194. The molecule has 4 aromatic rings. The zero-order chi connectivity index (χ0) is 24.9. The molecule has 1 aliphatic heterocycles. The molecule has 0 unspecified atom stereocenters. The average molecular weight is 484 g/mol. The molecule has 182 valence electrons. The minimum Gasteiger partial charge on any atom is -0.368 e. The fraction of sp³-hybridized carbons (Fsp3) is 0.381. The standard InChI is InChI=1S/C21H22F2N10O2/c1-12(33-11-28-17-15(33)18(34)31(3)20(35)30(17)2)6-25-14-4-5-24-16(29-14)13-7-26-19(27-8-13)32-9-21(22,23)10-32/h4-5,7-8,11-12H,6,9-10H2,1-3H3,(H,24,25,29)/t12-/m0/s1. The Morgan fingerprint density at radius 3 is 2.49 bits per heavy atom. The number of anilines is 2. The SMILES string of the molecule is C[C@@H](CNc1ccnc(-c2cnc(N3CC(F)(F)C3)nc2)n1)n1cnc2c1c(=O)n(C)c(=O)n2C. The van der Waals surface area contributed by atoms with Crippen molar-refractivity contribution in [3.8, 4) is 11.4 Å². The van der Waals surface area contributed by atoms with Crippen LogP contribution in [-0.2, 0) is 14.1 Å². The van der Waals surface area contributed by atoms with E-state index in [1.54, 1.807) is 23.9 Å². The maximum Gasteiger partial charge on any atom is 0.332 e. The molecule has 1 aliphatic rings. The van der Waals surface area contributed by atoms with Crippen LogP contribution >= 0.6 is 0 Å². The number of alkyl halides is 2. The van der Waals surface area contributed by atoms with Crippen molar-refractivity contribution in [2.75, 3.05) is 29.9 Å². The topological polar surface area (TPSA) is 129 Å². The van der Waals surface area contributed by atoms with E-state index < -0.39 is 30.3 Å². The van der Waals surface area contributed by atoms with Gasteiger partial charge in [-0.1, -0.05) is 0 Å². The second-order valence-corrected chi connectivity index (χ2v) is 8.51. The van der Waals surface area contributed by atoms with Gasteiger partial charge in [0.25, 0.3) is 11.5 Å². The third kappa shape index (κ3) is 4.00. The first-order valence-corrected chi connectivity index (χ1v) is 10.8. The molecule has 12 nitrogen and oxygen atoms in total. The Balaban J connectivity index is 1.31. The molecule has 4 aromatic heterocycles. The molecule has 0 amide bonds. The summed E-state index contributed by atoms with van der Waals surface area (Å²) in [6.45, 7) is 1.53. The zero-order valence-electron chi connectivity index (χ0n) is 19.2. The van der Waals surface area contributed by atoms with E-state index in [-0.39, 0.29) is 12.0 Å². The molecule has 35 heavy (non-hydrogen) atoms. The fourth-order valence-corrected chi connectivity index (χ4v) is 3.90. The number of imidazole rings is 1. The molecule has 1 saturated heterocycles. The van der Waals surface area contributed by atoms with Crippen molar-refractivity contribution in [3.05, 3.63) is 51.8 Å². The van der Waals surface area contributed by atoms with E-state index in [1.807, 2.05) is 6.92 Å². The van der Waals surface area contributed by atoms with Crippen LogP contribution in [0.25, 0.3) is 22.6 Å². The maximum absolute atomic E-state index is 13.1. The summed E-state index contributed by atoms with van der Waals surface area (Å²) in [4.78, 5) is 47.5. The van der Waals surface area contributed by atoms with Crippen molar-refractivity contribution in [2.24, 2.45) is 14.1 Å². The van der Waals surface area contributed by atoms with E-state index in [1.165, 1.54) is 35.2 Å². The Labute approximate surface area is 196 Å². The molecular weight excluding hydrogens is 462 g/mol. The number of halogens is 2. The van der Waals surface area contributed by atoms with Crippen LogP contribution in [0.4, 0.5) is 20.5 Å². The number of nitrogens with one attached hydrogen (secondary N) is 1. The molecular formula is C21H22F2N10O2. The number of rotatable bonds is 6. The van der Waals surface area contributed by atoms with Crippen LogP contribution in [0.3, 0.4) is 0 Å². The van der Waals surface area contributed by atoms with E-state index >= 15 is 0 Å². The summed E-state index contributed by atoms with van der Waals surface area (Å²) in [5.41, 5.74) is 0.348. The van der Waals surface area contributed by atoms with Crippen LogP contribution in [-0.4, -0.2) is 64.2 Å². The predicted molar refractivity (Wildman–Crippen MR) is 124 cm³/mol. The van der Waals surface area contributed by atoms with Gasteiger partial charge >= 0.3 is 5.69 Å². The Bertz CT molecular complexity index is 1520. The molecule has 0 spiro atoms. The molecule has 14 heteroatoms. The van der Waals surface area contributed by atoms with Crippen molar-refractivity contribution < 1.29 is 8.78 Å². The van der Waals surface area contributed by atoms with Gasteiger partial charge in [0.1, 0.15) is 5.82 Å². The molecule has 0 aliphatic carbocycles. The average Bonchev–Trinajstić information content (AvgIpc) is 3.29. The van der Waals surface area contributed by atoms with Crippen LogP contribution < -0.4 is 21.5 Å². The lowest BCUT2D eigenvalue weighted by Gasteiger charge is -2.38. The molecule has 1 N–H and O–H groups in total. The predicted octanol–water partition coefficient (Wildman–Crippen LogP) is 0.809. The van der Waals surface area contributed by atoms with Gasteiger partial charge in [0.05, 0.1) is 25.0 Å². The number of aromatic nitrogens is 8. The number of aryl methyl sites for hydroxylation is 1. The van der Waals surface area contributed by atoms with E-state index in [4.69, 9.17) is 0 Å². The summed E-state index contributed by atoms with van der Waals surface area (Å²) in [6, 6.07) is 1.50. The summed E-state index contributed by atoms with van der Waals surface area (Å²) >= 11 is 0. The Kier molecular flexibility index (Phi) is 5.29. The van der Waals surface area contributed by atoms with E-state index in [9.17, 15) is 18.4 Å². The second kappa shape index (κ2) is 8.21. The van der Waals surface area contributed by atoms with Crippen LogP contribution in [0.2, 0.25) is 0 Å². The monoisotopic (exact) mass is 484 g/mol. The Hall–Kier alpha value is -4.23. The van der Waals surface area contributed by atoms with Crippen molar-refractivity contribution >= 4 is 22.9 Å². The van der Waals surface area contributed by atoms with Crippen molar-refractivity contribution in [1.82, 2.24) is 38.6 Å². The van der Waals surface area contributed by atoms with Gasteiger partial charge in [-0.15, -0.1) is 0 Å². The molecule has 0 radical (unpaired) electrons. The summed E-state index contributed by atoms with van der Waals surface area (Å²) in [7, 11) is 3.00. The number of hydrogen-bond acceptors (Lipinski definition) is 9.